The van der Waals surface area contributed by atoms with Crippen molar-refractivity contribution in [2.24, 2.45) is 5.73 Å². The van der Waals surface area contributed by atoms with Gasteiger partial charge in [-0.25, -0.2) is 4.98 Å². The Labute approximate surface area is 162 Å². The van der Waals surface area contributed by atoms with E-state index in [1.807, 2.05) is 18.2 Å². The summed E-state index contributed by atoms with van der Waals surface area (Å²) in [6.45, 7) is 2.10. The normalized spacial score (nSPS) is 12.5. The largest absolute Gasteiger partial charge is 0.339 e. The Bertz CT molecular complexity index is 1170. The number of non-ortho nitro benzene ring substituents is 1. The van der Waals surface area contributed by atoms with E-state index in [-0.39, 0.29) is 16.7 Å². The van der Waals surface area contributed by atoms with E-state index in [0.717, 1.165) is 58.0 Å². The van der Waals surface area contributed by atoms with Gasteiger partial charge < -0.3 is 10.7 Å². The van der Waals surface area contributed by atoms with Crippen molar-refractivity contribution >= 4 is 27.6 Å². The molecule has 0 radical (unpaired) electrons. The monoisotopic (exact) mass is 374 g/mol. The van der Waals surface area contributed by atoms with Crippen LogP contribution in [0.5, 0.6) is 0 Å². The van der Waals surface area contributed by atoms with E-state index in [9.17, 15) is 10.1 Å². The number of nitrogens with two attached hydrogens (primary N) is 1. The summed E-state index contributed by atoms with van der Waals surface area (Å²) in [4.78, 5) is 18.8. The number of nitrogens with one attached hydrogen (secondary N) is 1. The molecule has 4 aromatic rings. The Morgan fingerprint density at radius 1 is 1.11 bits per heavy atom. The average molecular weight is 374 g/mol. The second-order valence-corrected chi connectivity index (χ2v) is 7.10. The van der Waals surface area contributed by atoms with Crippen LogP contribution in [0.1, 0.15) is 25.5 Å². The second kappa shape index (κ2) is 7.40. The molecule has 4 rings (SSSR count). The summed E-state index contributed by atoms with van der Waals surface area (Å²) in [6, 6.07) is 17.1. The standard InChI is InChI=1S/C22H22N4O2/c1-2-16(23)7-8-17-9-10-19-20-13-15(6-11-21(20)25-22(19)24-17)14-4-3-5-18(12-14)26(27)28/h3-6,9-13,16H,2,7-8,23H2,1H3,(H,24,25). The molecule has 2 aromatic heterocycles. The summed E-state index contributed by atoms with van der Waals surface area (Å²) in [5.74, 6) is 0. The molecule has 3 N–H and O–H groups in total. The fraction of sp³-hybridized carbons (Fsp3) is 0.227. The third kappa shape index (κ3) is 3.46. The van der Waals surface area contributed by atoms with Crippen LogP contribution >= 0.6 is 0 Å². The molecule has 142 valence electrons. The molecule has 6 nitrogen and oxygen atoms in total. The predicted octanol–water partition coefficient (Wildman–Crippen LogP) is 4.96. The number of nitrogens with zero attached hydrogens (tertiary/aromatic N) is 2. The van der Waals surface area contributed by atoms with E-state index in [0.29, 0.717) is 0 Å². The molecule has 6 heteroatoms. The minimum Gasteiger partial charge on any atom is -0.339 e. The van der Waals surface area contributed by atoms with E-state index in [1.165, 1.54) is 6.07 Å². The van der Waals surface area contributed by atoms with E-state index in [1.54, 1.807) is 12.1 Å². The summed E-state index contributed by atoms with van der Waals surface area (Å²) >= 11 is 0. The van der Waals surface area contributed by atoms with Crippen molar-refractivity contribution in [3.05, 3.63) is 70.4 Å². The minimum atomic E-state index is -0.371. The Balaban J connectivity index is 1.72. The van der Waals surface area contributed by atoms with E-state index >= 15 is 0 Å². The molecule has 2 aromatic carbocycles. The van der Waals surface area contributed by atoms with E-state index in [2.05, 4.69) is 30.1 Å². The third-order valence-corrected chi connectivity index (χ3v) is 5.20. The number of nitro groups is 1. The Kier molecular flexibility index (Phi) is 4.79. The lowest BCUT2D eigenvalue weighted by Gasteiger charge is -2.07. The van der Waals surface area contributed by atoms with Crippen LogP contribution in [-0.4, -0.2) is 20.9 Å². The summed E-state index contributed by atoms with van der Waals surface area (Å²) in [5, 5.41) is 13.2. The number of aryl methyl sites for hydroxylation is 1. The first-order chi connectivity index (χ1) is 13.5. The van der Waals surface area contributed by atoms with Crippen LogP contribution in [0.4, 0.5) is 5.69 Å². The Morgan fingerprint density at radius 2 is 1.93 bits per heavy atom. The van der Waals surface area contributed by atoms with Gasteiger partial charge >= 0.3 is 0 Å². The smallest absolute Gasteiger partial charge is 0.270 e. The number of pyridine rings is 1. The number of aromatic amines is 1. The predicted molar refractivity (Wildman–Crippen MR) is 112 cm³/mol. The van der Waals surface area contributed by atoms with E-state index in [4.69, 9.17) is 10.7 Å². The molecule has 0 spiro atoms. The molecule has 1 atom stereocenters. The van der Waals surface area contributed by atoms with Crippen molar-refractivity contribution in [1.29, 1.82) is 0 Å². The molecule has 0 aliphatic rings. The lowest BCUT2D eigenvalue weighted by molar-refractivity contribution is -0.384. The molecule has 0 saturated carbocycles. The van der Waals surface area contributed by atoms with Gasteiger partial charge in [0.1, 0.15) is 5.65 Å². The van der Waals surface area contributed by atoms with Gasteiger partial charge in [0.2, 0.25) is 0 Å². The maximum absolute atomic E-state index is 11.1. The summed E-state index contributed by atoms with van der Waals surface area (Å²) in [7, 11) is 0. The third-order valence-electron chi connectivity index (χ3n) is 5.20. The Morgan fingerprint density at radius 3 is 2.71 bits per heavy atom. The zero-order valence-electron chi connectivity index (χ0n) is 15.7. The number of aromatic nitrogens is 2. The number of rotatable bonds is 6. The maximum Gasteiger partial charge on any atom is 0.270 e. The second-order valence-electron chi connectivity index (χ2n) is 7.10. The molecular weight excluding hydrogens is 352 g/mol. The first-order valence-corrected chi connectivity index (χ1v) is 9.47. The highest BCUT2D eigenvalue weighted by Crippen LogP contribution is 2.31. The SMILES string of the molecule is CCC(N)CCc1ccc2c(n1)[nH]c1ccc(-c3cccc([N+](=O)[O-])c3)cc12. The summed E-state index contributed by atoms with van der Waals surface area (Å²) in [5.41, 5.74) is 10.8. The molecule has 1 unspecified atom stereocenters. The fourth-order valence-corrected chi connectivity index (χ4v) is 3.47. The number of hydrogen-bond donors (Lipinski definition) is 2. The molecule has 28 heavy (non-hydrogen) atoms. The van der Waals surface area contributed by atoms with Crippen LogP contribution in [0.15, 0.2) is 54.6 Å². The van der Waals surface area contributed by atoms with Crippen LogP contribution in [0.2, 0.25) is 0 Å². The zero-order chi connectivity index (χ0) is 19.7. The highest BCUT2D eigenvalue weighted by molar-refractivity contribution is 6.07. The minimum absolute atomic E-state index is 0.0909. The first kappa shape index (κ1) is 18.1. The lowest BCUT2D eigenvalue weighted by atomic mass is 10.0. The van der Waals surface area contributed by atoms with Gasteiger partial charge in [0.15, 0.2) is 0 Å². The lowest BCUT2D eigenvalue weighted by Crippen LogP contribution is -2.19. The fourth-order valence-electron chi connectivity index (χ4n) is 3.47. The van der Waals surface area contributed by atoms with Gasteiger partial charge in [-0.2, -0.15) is 0 Å². The summed E-state index contributed by atoms with van der Waals surface area (Å²) < 4.78 is 0. The Hall–Kier alpha value is -3.25. The number of hydrogen-bond acceptors (Lipinski definition) is 4. The van der Waals surface area contributed by atoms with Crippen molar-refractivity contribution in [2.45, 2.75) is 32.2 Å². The highest BCUT2D eigenvalue weighted by Gasteiger charge is 2.11. The molecule has 0 saturated heterocycles. The van der Waals surface area contributed by atoms with Gasteiger partial charge in [-0.15, -0.1) is 0 Å². The number of nitro benzene ring substituents is 1. The molecule has 0 aliphatic heterocycles. The van der Waals surface area contributed by atoms with Crippen molar-refractivity contribution < 1.29 is 4.92 Å². The van der Waals surface area contributed by atoms with Crippen molar-refractivity contribution in [3.8, 4) is 11.1 Å². The molecule has 2 heterocycles. The average Bonchev–Trinajstić information content (AvgIpc) is 3.09. The van der Waals surface area contributed by atoms with E-state index < -0.39 is 0 Å². The van der Waals surface area contributed by atoms with Gasteiger partial charge in [0, 0.05) is 40.2 Å². The number of H-pyrrole nitrogens is 1. The molecule has 0 amide bonds. The van der Waals surface area contributed by atoms with Crippen molar-refractivity contribution in [2.75, 3.05) is 0 Å². The van der Waals surface area contributed by atoms with Crippen LogP contribution in [0, 0.1) is 10.1 Å². The van der Waals surface area contributed by atoms with Gasteiger partial charge in [-0.1, -0.05) is 25.1 Å². The van der Waals surface area contributed by atoms with Gasteiger partial charge in [0.05, 0.1) is 4.92 Å². The van der Waals surface area contributed by atoms with Crippen molar-refractivity contribution in [3.63, 3.8) is 0 Å². The zero-order valence-corrected chi connectivity index (χ0v) is 15.7. The van der Waals surface area contributed by atoms with Gasteiger partial charge in [0.25, 0.3) is 5.69 Å². The molecule has 0 fully saturated rings. The van der Waals surface area contributed by atoms with Crippen LogP contribution in [0.25, 0.3) is 33.1 Å². The summed E-state index contributed by atoms with van der Waals surface area (Å²) in [6.07, 6.45) is 2.75. The van der Waals surface area contributed by atoms with Gasteiger partial charge in [-0.3, -0.25) is 10.1 Å². The quantitative estimate of drug-likeness (QED) is 0.368. The molecule has 0 bridgehead atoms. The first-order valence-electron chi connectivity index (χ1n) is 9.47. The van der Waals surface area contributed by atoms with Gasteiger partial charge in [-0.05, 0) is 54.7 Å². The number of benzene rings is 2. The molecule has 0 aliphatic carbocycles. The van der Waals surface area contributed by atoms with Crippen molar-refractivity contribution in [1.82, 2.24) is 9.97 Å². The topological polar surface area (TPSA) is 97.8 Å². The van der Waals surface area contributed by atoms with Crippen LogP contribution in [0.3, 0.4) is 0 Å². The number of fused-ring (bicyclic) bond motifs is 3. The maximum atomic E-state index is 11.1. The highest BCUT2D eigenvalue weighted by atomic mass is 16.6. The van der Waals surface area contributed by atoms with Crippen LogP contribution < -0.4 is 5.73 Å². The molecular formula is C22H22N4O2. The van der Waals surface area contributed by atoms with Crippen LogP contribution in [-0.2, 0) is 6.42 Å².